The summed E-state index contributed by atoms with van der Waals surface area (Å²) in [6.07, 6.45) is 4.41. The van der Waals surface area contributed by atoms with E-state index in [9.17, 15) is 0 Å². The number of aromatic amines is 1. The van der Waals surface area contributed by atoms with E-state index in [1.54, 1.807) is 0 Å². The fourth-order valence-corrected chi connectivity index (χ4v) is 3.44. The van der Waals surface area contributed by atoms with Gasteiger partial charge in [-0.05, 0) is 48.2 Å². The van der Waals surface area contributed by atoms with Gasteiger partial charge in [0.1, 0.15) is 0 Å². The zero-order valence-electron chi connectivity index (χ0n) is 11.0. The zero-order valence-corrected chi connectivity index (χ0v) is 12.6. The Labute approximate surface area is 126 Å². The van der Waals surface area contributed by atoms with Crippen LogP contribution in [0, 0.1) is 0 Å². The molecular weight excluding hydrogens is 312 g/mol. The maximum Gasteiger partial charge on any atom is 0.0538 e. The van der Waals surface area contributed by atoms with Crippen molar-refractivity contribution in [2.75, 3.05) is 5.32 Å². The number of fused-ring (bicyclic) bond motifs is 2. The minimum atomic E-state index is 0.382. The number of H-pyrrole nitrogens is 1. The summed E-state index contributed by atoms with van der Waals surface area (Å²) >= 11 is 3.57. The second kappa shape index (κ2) is 4.67. The molecule has 0 aliphatic carbocycles. The monoisotopic (exact) mass is 326 g/mol. The number of anilines is 1. The van der Waals surface area contributed by atoms with Gasteiger partial charge in [-0.3, -0.25) is 0 Å². The first-order valence-corrected chi connectivity index (χ1v) is 7.71. The summed E-state index contributed by atoms with van der Waals surface area (Å²) in [7, 11) is 0. The maximum atomic E-state index is 3.68. The van der Waals surface area contributed by atoms with Gasteiger partial charge in [0, 0.05) is 27.3 Å². The van der Waals surface area contributed by atoms with Crippen LogP contribution < -0.4 is 5.32 Å². The molecule has 2 heterocycles. The van der Waals surface area contributed by atoms with E-state index in [0.717, 1.165) is 17.3 Å². The van der Waals surface area contributed by atoms with Crippen molar-refractivity contribution in [3.8, 4) is 0 Å². The Hall–Kier alpha value is -1.74. The van der Waals surface area contributed by atoms with Gasteiger partial charge in [-0.15, -0.1) is 0 Å². The van der Waals surface area contributed by atoms with E-state index in [2.05, 4.69) is 74.9 Å². The Morgan fingerprint density at radius 2 is 2.00 bits per heavy atom. The lowest BCUT2D eigenvalue weighted by atomic mass is 9.93. The van der Waals surface area contributed by atoms with Crippen LogP contribution in [0.3, 0.4) is 0 Å². The standard InChI is InChI=1S/C17H15BrN2/c18-12-6-8-16-13(9-12)14(10-19-16)17-7-5-11-3-1-2-4-15(11)20-17/h1-4,6,8-10,17,19-20H,5,7H2. The average molecular weight is 327 g/mol. The smallest absolute Gasteiger partial charge is 0.0538 e. The van der Waals surface area contributed by atoms with Crippen molar-refractivity contribution in [1.82, 2.24) is 4.98 Å². The van der Waals surface area contributed by atoms with Crippen LogP contribution in [0.2, 0.25) is 0 Å². The Kier molecular flexibility index (Phi) is 2.81. The second-order valence-electron chi connectivity index (χ2n) is 5.33. The third-order valence-corrected chi connectivity index (χ3v) is 4.59. The van der Waals surface area contributed by atoms with Gasteiger partial charge in [0.25, 0.3) is 0 Å². The van der Waals surface area contributed by atoms with Crippen molar-refractivity contribution in [3.63, 3.8) is 0 Å². The molecule has 0 saturated carbocycles. The first-order valence-electron chi connectivity index (χ1n) is 6.92. The summed E-state index contributed by atoms with van der Waals surface area (Å²) in [4.78, 5) is 3.38. The minimum Gasteiger partial charge on any atom is -0.378 e. The highest BCUT2D eigenvalue weighted by atomic mass is 79.9. The normalized spacial score (nSPS) is 17.8. The predicted molar refractivity (Wildman–Crippen MR) is 87.1 cm³/mol. The largest absolute Gasteiger partial charge is 0.378 e. The summed E-state index contributed by atoms with van der Waals surface area (Å²) in [5.41, 5.74) is 5.25. The van der Waals surface area contributed by atoms with E-state index in [0.29, 0.717) is 6.04 Å². The van der Waals surface area contributed by atoms with Gasteiger partial charge in [-0.1, -0.05) is 34.1 Å². The molecule has 0 saturated heterocycles. The lowest BCUT2D eigenvalue weighted by Crippen LogP contribution is -2.17. The van der Waals surface area contributed by atoms with Crippen molar-refractivity contribution in [2.45, 2.75) is 18.9 Å². The van der Waals surface area contributed by atoms with E-state index in [1.165, 1.54) is 27.7 Å². The van der Waals surface area contributed by atoms with E-state index in [1.807, 2.05) is 0 Å². The molecule has 0 radical (unpaired) electrons. The van der Waals surface area contributed by atoms with Gasteiger partial charge in [0.05, 0.1) is 6.04 Å². The SMILES string of the molecule is Brc1ccc2[nH]cc(C3CCc4ccccc4N3)c2c1. The third kappa shape index (κ3) is 1.93. The number of hydrogen-bond acceptors (Lipinski definition) is 1. The molecule has 1 aliphatic rings. The molecule has 100 valence electrons. The van der Waals surface area contributed by atoms with E-state index in [4.69, 9.17) is 0 Å². The van der Waals surface area contributed by atoms with Gasteiger partial charge in [0.15, 0.2) is 0 Å². The van der Waals surface area contributed by atoms with Crippen molar-refractivity contribution in [1.29, 1.82) is 0 Å². The van der Waals surface area contributed by atoms with Gasteiger partial charge >= 0.3 is 0 Å². The van der Waals surface area contributed by atoms with Crippen molar-refractivity contribution < 1.29 is 0 Å². The Bertz CT molecular complexity index is 776. The number of halogens is 1. The summed E-state index contributed by atoms with van der Waals surface area (Å²) in [5, 5.41) is 4.98. The van der Waals surface area contributed by atoms with Crippen molar-refractivity contribution >= 4 is 32.5 Å². The Morgan fingerprint density at radius 3 is 2.95 bits per heavy atom. The van der Waals surface area contributed by atoms with Crippen LogP contribution in [-0.2, 0) is 6.42 Å². The molecule has 2 nitrogen and oxygen atoms in total. The number of nitrogens with one attached hydrogen (secondary N) is 2. The highest BCUT2D eigenvalue weighted by Gasteiger charge is 2.21. The van der Waals surface area contributed by atoms with E-state index < -0.39 is 0 Å². The fourth-order valence-electron chi connectivity index (χ4n) is 3.07. The van der Waals surface area contributed by atoms with Crippen LogP contribution in [0.4, 0.5) is 5.69 Å². The van der Waals surface area contributed by atoms with Gasteiger partial charge < -0.3 is 10.3 Å². The molecule has 4 rings (SSSR count). The summed E-state index contributed by atoms with van der Waals surface area (Å²) in [6, 6.07) is 15.4. The molecule has 1 unspecified atom stereocenters. The topological polar surface area (TPSA) is 27.8 Å². The number of rotatable bonds is 1. The van der Waals surface area contributed by atoms with Crippen molar-refractivity contribution in [2.24, 2.45) is 0 Å². The van der Waals surface area contributed by atoms with Crippen LogP contribution in [0.15, 0.2) is 53.1 Å². The molecule has 3 aromatic rings. The summed E-state index contributed by atoms with van der Waals surface area (Å²) < 4.78 is 1.13. The third-order valence-electron chi connectivity index (χ3n) is 4.10. The van der Waals surface area contributed by atoms with Crippen molar-refractivity contribution in [3.05, 3.63) is 64.3 Å². The Balaban J connectivity index is 1.76. The molecule has 1 aliphatic heterocycles. The molecular formula is C17H15BrN2. The van der Waals surface area contributed by atoms with Gasteiger partial charge in [0.2, 0.25) is 0 Å². The number of para-hydroxylation sites is 1. The van der Waals surface area contributed by atoms with E-state index >= 15 is 0 Å². The predicted octanol–water partition coefficient (Wildman–Crippen LogP) is 5.03. The zero-order chi connectivity index (χ0) is 13.5. The summed E-state index contributed by atoms with van der Waals surface area (Å²) in [5.74, 6) is 0. The van der Waals surface area contributed by atoms with Gasteiger partial charge in [-0.2, -0.15) is 0 Å². The molecule has 0 spiro atoms. The molecule has 0 fully saturated rings. The maximum absolute atomic E-state index is 3.68. The van der Waals surface area contributed by atoms with Crippen LogP contribution >= 0.6 is 15.9 Å². The molecule has 20 heavy (non-hydrogen) atoms. The summed E-state index contributed by atoms with van der Waals surface area (Å²) in [6.45, 7) is 0. The van der Waals surface area contributed by atoms with Gasteiger partial charge in [-0.25, -0.2) is 0 Å². The molecule has 1 atom stereocenters. The minimum absolute atomic E-state index is 0.382. The first kappa shape index (κ1) is 12.0. The van der Waals surface area contributed by atoms with E-state index in [-0.39, 0.29) is 0 Å². The number of aryl methyl sites for hydroxylation is 1. The van der Waals surface area contributed by atoms with Crippen LogP contribution in [0.5, 0.6) is 0 Å². The molecule has 3 heteroatoms. The molecule has 1 aromatic heterocycles. The number of aromatic nitrogens is 1. The first-order chi connectivity index (χ1) is 9.81. The second-order valence-corrected chi connectivity index (χ2v) is 6.24. The Morgan fingerprint density at radius 1 is 1.10 bits per heavy atom. The molecule has 2 N–H and O–H groups in total. The lowest BCUT2D eigenvalue weighted by molar-refractivity contribution is 0.672. The van der Waals surface area contributed by atoms with Crippen LogP contribution in [-0.4, -0.2) is 4.98 Å². The fraction of sp³-hybridized carbons (Fsp3) is 0.176. The van der Waals surface area contributed by atoms with Crippen LogP contribution in [0.1, 0.15) is 23.6 Å². The number of benzene rings is 2. The molecule has 0 amide bonds. The quantitative estimate of drug-likeness (QED) is 0.644. The highest BCUT2D eigenvalue weighted by molar-refractivity contribution is 9.10. The molecule has 0 bridgehead atoms. The van der Waals surface area contributed by atoms with Crippen LogP contribution in [0.25, 0.3) is 10.9 Å². The highest BCUT2D eigenvalue weighted by Crippen LogP contribution is 2.36. The number of hydrogen-bond donors (Lipinski definition) is 2. The average Bonchev–Trinajstić information content (AvgIpc) is 2.89. The molecule has 2 aromatic carbocycles. The lowest BCUT2D eigenvalue weighted by Gasteiger charge is -2.27.